The molecule has 36 heavy (non-hydrogen) atoms. The zero-order valence-electron chi connectivity index (χ0n) is 20.6. The van der Waals surface area contributed by atoms with Crippen LogP contribution in [0.25, 0.3) is 10.1 Å². The minimum absolute atomic E-state index is 0.00585. The van der Waals surface area contributed by atoms with Crippen LogP contribution in [0.4, 0.5) is 0 Å². The van der Waals surface area contributed by atoms with Gasteiger partial charge >= 0.3 is 5.97 Å². The summed E-state index contributed by atoms with van der Waals surface area (Å²) in [6.45, 7) is 3.50. The number of ketones is 1. The maximum atomic E-state index is 13.0. The van der Waals surface area contributed by atoms with Gasteiger partial charge in [-0.1, -0.05) is 73.1 Å². The Hall–Kier alpha value is -2.39. The van der Waals surface area contributed by atoms with Crippen LogP contribution in [-0.2, 0) is 20.8 Å². The summed E-state index contributed by atoms with van der Waals surface area (Å²) >= 11 is 8.15. The molecule has 1 heterocycles. The summed E-state index contributed by atoms with van der Waals surface area (Å²) in [4.78, 5) is 40.9. The molecule has 0 spiro atoms. The molecule has 1 fully saturated rings. The number of benzene rings is 1. The van der Waals surface area contributed by atoms with Crippen molar-refractivity contribution in [3.05, 3.63) is 63.4 Å². The van der Waals surface area contributed by atoms with E-state index < -0.39 is 35.4 Å². The van der Waals surface area contributed by atoms with Crippen LogP contribution in [0.1, 0.15) is 50.8 Å². The minimum atomic E-state index is -0.882. The minimum Gasteiger partial charge on any atom is -0.391 e. The number of carbonyl (C=O) groups excluding carboxylic acids is 2. The molecular formula is C27H33ClN2O5S. The Bertz CT molecular complexity index is 1140. The van der Waals surface area contributed by atoms with Crippen molar-refractivity contribution in [3.8, 4) is 0 Å². The molecule has 0 bridgehead atoms. The number of nitroso groups, excluding NO2 is 1. The van der Waals surface area contributed by atoms with E-state index in [0.717, 1.165) is 20.0 Å². The van der Waals surface area contributed by atoms with Crippen molar-refractivity contribution in [1.29, 1.82) is 0 Å². The number of aliphatic hydroxyl groups is 1. The molecule has 0 radical (unpaired) electrons. The first kappa shape index (κ1) is 28.2. The van der Waals surface area contributed by atoms with Crippen LogP contribution in [0.2, 0.25) is 5.02 Å². The number of Topliss-reactive ketones (excluding diaryl/α,β-unsaturated/α-hetero) is 1. The van der Waals surface area contributed by atoms with Crippen LogP contribution in [0.15, 0.2) is 53.7 Å². The van der Waals surface area contributed by atoms with Gasteiger partial charge in [0.2, 0.25) is 0 Å². The summed E-state index contributed by atoms with van der Waals surface area (Å²) in [7, 11) is 0. The molecule has 1 aromatic heterocycles. The monoisotopic (exact) mass is 532 g/mol. The molecule has 1 aliphatic carbocycles. The van der Waals surface area contributed by atoms with Crippen LogP contribution >= 0.6 is 22.9 Å². The second-order valence-electron chi connectivity index (χ2n) is 9.74. The summed E-state index contributed by atoms with van der Waals surface area (Å²) in [6, 6.07) is 7.33. The summed E-state index contributed by atoms with van der Waals surface area (Å²) in [5, 5.41) is 15.9. The number of nitrogens with zero attached hydrogens (tertiary/aromatic N) is 1. The average Bonchev–Trinajstić information content (AvgIpc) is 3.28. The lowest BCUT2D eigenvalue weighted by Crippen LogP contribution is -2.31. The largest absolute Gasteiger partial charge is 0.391 e. The Morgan fingerprint density at radius 1 is 1.33 bits per heavy atom. The molecule has 1 unspecified atom stereocenters. The van der Waals surface area contributed by atoms with Gasteiger partial charge in [-0.05, 0) is 38.2 Å². The molecule has 1 aromatic carbocycles. The first-order valence-corrected chi connectivity index (χ1v) is 13.3. The zero-order valence-corrected chi connectivity index (χ0v) is 22.1. The molecule has 194 valence electrons. The highest BCUT2D eigenvalue weighted by atomic mass is 35.5. The van der Waals surface area contributed by atoms with E-state index in [9.17, 15) is 19.6 Å². The predicted molar refractivity (Wildman–Crippen MR) is 144 cm³/mol. The molecular weight excluding hydrogens is 500 g/mol. The first-order valence-electron chi connectivity index (χ1n) is 12.1. The second-order valence-corrected chi connectivity index (χ2v) is 11.3. The smallest absolute Gasteiger partial charge is 0.324 e. The van der Waals surface area contributed by atoms with Crippen molar-refractivity contribution < 1.29 is 19.5 Å². The van der Waals surface area contributed by atoms with Crippen molar-refractivity contribution in [2.45, 2.75) is 64.5 Å². The van der Waals surface area contributed by atoms with Crippen LogP contribution in [0.5, 0.6) is 0 Å². The third-order valence-corrected chi connectivity index (χ3v) is 8.71. The van der Waals surface area contributed by atoms with E-state index in [0.29, 0.717) is 32.1 Å². The normalized spacial score (nSPS) is 22.6. The Morgan fingerprint density at radius 2 is 2.08 bits per heavy atom. The summed E-state index contributed by atoms with van der Waals surface area (Å²) in [5.41, 5.74) is -0.882. The van der Waals surface area contributed by atoms with Gasteiger partial charge in [-0.25, -0.2) is 0 Å². The molecule has 7 nitrogen and oxygen atoms in total. The standard InChI is InChI=1S/C27H33ClN2O5S/c1-27(2)25(32)18(9-5-3-4-6-12-23(31)35-29)19(26(27)33)15-13-17(30-34)14-16-22-24(28)20-10-7-8-11-21(20)36-22/h3,5,7-8,10-11,13,15,17-19,26,33H,4,6,9,12,14,16,29H2,1-2H3/b5-3-,15-13+/t17?,18-,19-,26+/m1/s1. The average molecular weight is 533 g/mol. The van der Waals surface area contributed by atoms with Crippen LogP contribution in [0.3, 0.4) is 0 Å². The maximum Gasteiger partial charge on any atom is 0.324 e. The third kappa shape index (κ3) is 6.48. The molecule has 0 saturated heterocycles. The van der Waals surface area contributed by atoms with E-state index in [4.69, 9.17) is 17.5 Å². The van der Waals surface area contributed by atoms with Gasteiger partial charge in [0.25, 0.3) is 0 Å². The number of hydrogen-bond acceptors (Lipinski definition) is 8. The zero-order chi connectivity index (χ0) is 26.3. The lowest BCUT2D eigenvalue weighted by molar-refractivity contribution is -0.144. The summed E-state index contributed by atoms with van der Waals surface area (Å²) < 4.78 is 1.11. The molecule has 9 heteroatoms. The fourth-order valence-corrected chi connectivity index (χ4v) is 6.27. The molecule has 2 aromatic rings. The highest BCUT2D eigenvalue weighted by molar-refractivity contribution is 7.19. The number of aliphatic hydroxyl groups excluding tert-OH is 1. The topological polar surface area (TPSA) is 119 Å². The number of carbonyl (C=O) groups is 2. The number of rotatable bonds is 12. The quantitative estimate of drug-likeness (QED) is 0.152. The molecule has 1 saturated carbocycles. The number of allylic oxidation sites excluding steroid dienone is 2. The lowest BCUT2D eigenvalue weighted by Gasteiger charge is -2.22. The van der Waals surface area contributed by atoms with E-state index in [-0.39, 0.29) is 12.2 Å². The predicted octanol–water partition coefficient (Wildman–Crippen LogP) is 5.91. The summed E-state index contributed by atoms with van der Waals surface area (Å²) in [5.74, 6) is 3.54. The number of thiophene rings is 1. The van der Waals surface area contributed by atoms with Crippen molar-refractivity contribution >= 4 is 44.8 Å². The number of fused-ring (bicyclic) bond motifs is 1. The van der Waals surface area contributed by atoms with Gasteiger partial charge in [-0.15, -0.1) is 11.3 Å². The first-order chi connectivity index (χ1) is 17.2. The fourth-order valence-electron chi connectivity index (χ4n) is 4.73. The highest BCUT2D eigenvalue weighted by Crippen LogP contribution is 2.45. The van der Waals surface area contributed by atoms with Crippen molar-refractivity contribution in [1.82, 2.24) is 0 Å². The van der Waals surface area contributed by atoms with Gasteiger partial charge in [0, 0.05) is 33.2 Å². The molecule has 4 atom stereocenters. The highest BCUT2D eigenvalue weighted by Gasteiger charge is 2.52. The fraction of sp³-hybridized carbons (Fsp3) is 0.481. The number of nitrogens with two attached hydrogens (primary N) is 1. The van der Waals surface area contributed by atoms with E-state index >= 15 is 0 Å². The SMILES string of the molecule is CC1(C)C(=O)[C@H](C/C=C\CCCC(=O)ON)[C@@H](/C=C/C(CCc2sc3ccccc3c2Cl)N=O)[C@@H]1O. The van der Waals surface area contributed by atoms with E-state index in [1.54, 1.807) is 37.3 Å². The molecule has 1 aliphatic rings. The van der Waals surface area contributed by atoms with Crippen molar-refractivity contribution in [2.24, 2.45) is 28.3 Å². The number of hydrogen-bond donors (Lipinski definition) is 2. The number of halogens is 1. The van der Waals surface area contributed by atoms with Crippen LogP contribution < -0.4 is 5.90 Å². The van der Waals surface area contributed by atoms with Crippen molar-refractivity contribution in [3.63, 3.8) is 0 Å². The Morgan fingerprint density at radius 3 is 2.78 bits per heavy atom. The summed E-state index contributed by atoms with van der Waals surface area (Å²) in [6.07, 6.45) is 9.51. The van der Waals surface area contributed by atoms with Crippen LogP contribution in [-0.4, -0.2) is 29.0 Å². The second kappa shape index (κ2) is 12.7. The van der Waals surface area contributed by atoms with E-state index in [1.807, 2.05) is 36.4 Å². The molecule has 3 rings (SSSR count). The lowest BCUT2D eigenvalue weighted by atomic mass is 9.86. The number of unbranched alkanes of at least 4 members (excludes halogenated alkanes) is 1. The Kier molecular flexibility index (Phi) is 9.96. The van der Waals surface area contributed by atoms with Gasteiger partial charge in [0.1, 0.15) is 11.8 Å². The van der Waals surface area contributed by atoms with E-state index in [1.165, 1.54) is 0 Å². The van der Waals surface area contributed by atoms with Gasteiger partial charge in [-0.3, -0.25) is 9.59 Å². The van der Waals surface area contributed by atoms with Gasteiger partial charge in [-0.2, -0.15) is 10.8 Å². The van der Waals surface area contributed by atoms with Gasteiger partial charge < -0.3 is 9.94 Å². The van der Waals surface area contributed by atoms with Gasteiger partial charge in [0.15, 0.2) is 0 Å². The number of aryl methyl sites for hydroxylation is 1. The Labute approximate surface area is 220 Å². The van der Waals surface area contributed by atoms with Crippen molar-refractivity contribution in [2.75, 3.05) is 0 Å². The molecule has 0 amide bonds. The van der Waals surface area contributed by atoms with Gasteiger partial charge in [0.05, 0.1) is 16.5 Å². The maximum absolute atomic E-state index is 13.0. The molecule has 0 aliphatic heterocycles. The third-order valence-electron chi connectivity index (χ3n) is 6.94. The Balaban J connectivity index is 1.63. The molecule has 3 N–H and O–H groups in total. The van der Waals surface area contributed by atoms with Crippen LogP contribution in [0, 0.1) is 22.2 Å². The van der Waals surface area contributed by atoms with E-state index in [2.05, 4.69) is 10.0 Å².